The van der Waals surface area contributed by atoms with Crippen molar-refractivity contribution in [3.05, 3.63) is 64.1 Å². The lowest BCUT2D eigenvalue weighted by Crippen LogP contribution is -2.58. The molecule has 24 heavy (non-hydrogen) atoms. The zero-order chi connectivity index (χ0) is 17.0. The number of aldehydes is 1. The van der Waals surface area contributed by atoms with Crippen molar-refractivity contribution >= 4 is 6.29 Å². The molecule has 0 atom stereocenters. The maximum absolute atomic E-state index is 12.2. The molecular weight excluding hydrogens is 308 g/mol. The van der Waals surface area contributed by atoms with Crippen LogP contribution in [-0.4, -0.2) is 37.7 Å². The van der Waals surface area contributed by atoms with Crippen molar-refractivity contribution in [1.82, 2.24) is 9.88 Å². The summed E-state index contributed by atoms with van der Waals surface area (Å²) in [6.07, 6.45) is 2.32. The first-order chi connectivity index (χ1) is 11.7. The van der Waals surface area contributed by atoms with Gasteiger partial charge in [0.15, 0.2) is 12.0 Å². The zero-order valence-corrected chi connectivity index (χ0v) is 13.5. The predicted octanol–water partition coefficient (Wildman–Crippen LogP) is 1.18. The molecule has 1 aromatic carbocycles. The molecule has 0 saturated carbocycles. The number of ether oxygens (including phenoxy) is 2. The van der Waals surface area contributed by atoms with Crippen LogP contribution < -0.4 is 15.5 Å². The number of benzene rings is 1. The molecule has 6 nitrogen and oxygen atoms in total. The van der Waals surface area contributed by atoms with E-state index >= 15 is 0 Å². The van der Waals surface area contributed by atoms with Crippen molar-refractivity contribution in [3.8, 4) is 5.75 Å². The molecule has 1 aromatic heterocycles. The number of nitrogens with zero attached hydrogens (tertiary/aromatic N) is 1. The predicted molar refractivity (Wildman–Crippen MR) is 89.6 cm³/mol. The fraction of sp³-hybridized carbons (Fsp3) is 0.333. The highest BCUT2D eigenvalue weighted by atomic mass is 16.5. The first-order valence-electron chi connectivity index (χ1n) is 7.80. The Balaban J connectivity index is 1.95. The molecule has 2 aromatic rings. The topological polar surface area (TPSA) is 69.6 Å². The third kappa shape index (κ3) is 2.98. The normalized spacial score (nSPS) is 15.5. The van der Waals surface area contributed by atoms with E-state index in [1.165, 1.54) is 6.07 Å². The molecule has 126 valence electrons. The van der Waals surface area contributed by atoms with Crippen LogP contribution in [-0.2, 0) is 16.9 Å². The van der Waals surface area contributed by atoms with Gasteiger partial charge in [-0.1, -0.05) is 30.3 Å². The molecular formula is C18H20N2O4. The zero-order valence-electron chi connectivity index (χ0n) is 13.5. The van der Waals surface area contributed by atoms with Crippen LogP contribution in [0.2, 0.25) is 0 Å². The van der Waals surface area contributed by atoms with E-state index in [9.17, 15) is 9.59 Å². The van der Waals surface area contributed by atoms with E-state index in [1.54, 1.807) is 10.8 Å². The fourth-order valence-corrected chi connectivity index (χ4v) is 2.93. The molecule has 0 bridgehead atoms. The maximum Gasteiger partial charge on any atom is 0.224 e. The van der Waals surface area contributed by atoms with E-state index in [4.69, 9.17) is 9.47 Å². The lowest BCUT2D eigenvalue weighted by molar-refractivity contribution is -0.0993. The quantitative estimate of drug-likeness (QED) is 0.773. The van der Waals surface area contributed by atoms with E-state index in [-0.39, 0.29) is 29.0 Å². The van der Waals surface area contributed by atoms with Crippen LogP contribution in [0.15, 0.2) is 47.4 Å². The minimum Gasteiger partial charge on any atom is -0.483 e. The highest BCUT2D eigenvalue weighted by Crippen LogP contribution is 2.29. The second kappa shape index (κ2) is 6.98. The van der Waals surface area contributed by atoms with Crippen molar-refractivity contribution in [3.63, 3.8) is 0 Å². The van der Waals surface area contributed by atoms with Gasteiger partial charge < -0.3 is 19.4 Å². The summed E-state index contributed by atoms with van der Waals surface area (Å²) in [5.74, 6) is 0.0822. The lowest BCUT2D eigenvalue weighted by Gasteiger charge is -2.44. The van der Waals surface area contributed by atoms with Crippen molar-refractivity contribution in [2.45, 2.75) is 12.1 Å². The number of likely N-dealkylation sites (N-methyl/N-ethyl adjacent to an activating group) is 1. The Morgan fingerprint density at radius 1 is 1.29 bits per heavy atom. The molecule has 0 amide bonds. The van der Waals surface area contributed by atoms with E-state index in [0.29, 0.717) is 26.0 Å². The van der Waals surface area contributed by atoms with Crippen LogP contribution in [0.25, 0.3) is 0 Å². The van der Waals surface area contributed by atoms with E-state index in [2.05, 4.69) is 5.32 Å². The summed E-state index contributed by atoms with van der Waals surface area (Å²) in [5, 5.41) is 3.12. The van der Waals surface area contributed by atoms with Gasteiger partial charge in [0.05, 0.1) is 13.2 Å². The number of hydrogen-bond acceptors (Lipinski definition) is 5. The number of hydrogen-bond donors (Lipinski definition) is 1. The third-order valence-corrected chi connectivity index (χ3v) is 4.19. The second-order valence-corrected chi connectivity index (χ2v) is 5.90. The number of rotatable bonds is 7. The van der Waals surface area contributed by atoms with Crippen LogP contribution >= 0.6 is 0 Å². The van der Waals surface area contributed by atoms with Gasteiger partial charge in [-0.2, -0.15) is 0 Å². The molecule has 0 unspecified atom stereocenters. The van der Waals surface area contributed by atoms with Crippen molar-refractivity contribution in [2.24, 2.45) is 0 Å². The average molecular weight is 328 g/mol. The molecule has 3 rings (SSSR count). The van der Waals surface area contributed by atoms with Gasteiger partial charge in [-0.05, 0) is 12.6 Å². The molecule has 2 heterocycles. The average Bonchev–Trinajstić information content (AvgIpc) is 2.58. The Labute approximate surface area is 140 Å². The minimum absolute atomic E-state index is 0.0822. The third-order valence-electron chi connectivity index (χ3n) is 4.19. The molecule has 0 aliphatic carbocycles. The molecule has 1 saturated heterocycles. The van der Waals surface area contributed by atoms with Gasteiger partial charge in [0, 0.05) is 18.8 Å². The second-order valence-electron chi connectivity index (χ2n) is 5.90. The minimum atomic E-state index is -0.371. The van der Waals surface area contributed by atoms with Crippen molar-refractivity contribution in [1.29, 1.82) is 0 Å². The van der Waals surface area contributed by atoms with Crippen molar-refractivity contribution < 1.29 is 14.3 Å². The Morgan fingerprint density at radius 2 is 2.04 bits per heavy atom. The highest BCUT2D eigenvalue weighted by molar-refractivity contribution is 5.77. The maximum atomic E-state index is 12.2. The SMILES string of the molecule is CNCC1(n2ccc(=O)c(OCc3ccccc3)c2C=O)COC1. The Bertz CT molecular complexity index is 766. The number of pyridine rings is 1. The van der Waals surface area contributed by atoms with Gasteiger partial charge in [0.25, 0.3) is 0 Å². The van der Waals surface area contributed by atoms with Crippen LogP contribution in [0.5, 0.6) is 5.75 Å². The van der Waals surface area contributed by atoms with Crippen molar-refractivity contribution in [2.75, 3.05) is 26.8 Å². The molecule has 1 N–H and O–H groups in total. The lowest BCUT2D eigenvalue weighted by atomic mass is 9.95. The monoisotopic (exact) mass is 328 g/mol. The summed E-state index contributed by atoms with van der Waals surface area (Å²) in [6, 6.07) is 11.0. The first-order valence-corrected chi connectivity index (χ1v) is 7.80. The Kier molecular flexibility index (Phi) is 4.78. The fourth-order valence-electron chi connectivity index (χ4n) is 2.93. The summed E-state index contributed by atoms with van der Waals surface area (Å²) in [7, 11) is 1.84. The summed E-state index contributed by atoms with van der Waals surface area (Å²) in [5.41, 5.74) is 0.506. The largest absolute Gasteiger partial charge is 0.483 e. The summed E-state index contributed by atoms with van der Waals surface area (Å²) in [4.78, 5) is 23.9. The summed E-state index contributed by atoms with van der Waals surface area (Å²) in [6.45, 7) is 1.83. The molecule has 6 heteroatoms. The van der Waals surface area contributed by atoms with E-state index in [1.807, 2.05) is 37.4 Å². The summed E-state index contributed by atoms with van der Waals surface area (Å²) < 4.78 is 12.8. The molecule has 0 radical (unpaired) electrons. The molecule has 1 aliphatic rings. The van der Waals surface area contributed by atoms with Crippen LogP contribution in [0.3, 0.4) is 0 Å². The van der Waals surface area contributed by atoms with Gasteiger partial charge in [-0.3, -0.25) is 9.59 Å². The van der Waals surface area contributed by atoms with Gasteiger partial charge in [0.1, 0.15) is 17.8 Å². The molecule has 0 spiro atoms. The highest BCUT2D eigenvalue weighted by Gasteiger charge is 2.41. The first kappa shape index (κ1) is 16.4. The van der Waals surface area contributed by atoms with Gasteiger partial charge >= 0.3 is 0 Å². The van der Waals surface area contributed by atoms with Crippen LogP contribution in [0.4, 0.5) is 0 Å². The van der Waals surface area contributed by atoms with Crippen LogP contribution in [0, 0.1) is 0 Å². The summed E-state index contributed by atoms with van der Waals surface area (Å²) >= 11 is 0. The van der Waals surface area contributed by atoms with Crippen LogP contribution in [0.1, 0.15) is 16.1 Å². The van der Waals surface area contributed by atoms with Gasteiger partial charge in [-0.25, -0.2) is 0 Å². The van der Waals surface area contributed by atoms with Gasteiger partial charge in [0.2, 0.25) is 5.43 Å². The van der Waals surface area contributed by atoms with E-state index in [0.717, 1.165) is 5.56 Å². The number of nitrogens with one attached hydrogen (secondary N) is 1. The molecule has 1 aliphatic heterocycles. The number of carbonyl (C=O) groups excluding carboxylic acids is 1. The van der Waals surface area contributed by atoms with Gasteiger partial charge in [-0.15, -0.1) is 0 Å². The Hall–Kier alpha value is -2.44. The smallest absolute Gasteiger partial charge is 0.224 e. The van der Waals surface area contributed by atoms with E-state index < -0.39 is 0 Å². The number of aromatic nitrogens is 1. The molecule has 1 fully saturated rings. The Morgan fingerprint density at radius 3 is 2.62 bits per heavy atom. The number of carbonyl (C=O) groups is 1. The standard InChI is InChI=1S/C18H20N2O4/c1-19-11-18(12-23-13-18)20-8-7-16(22)17(15(20)9-21)24-10-14-5-3-2-4-6-14/h2-9,19H,10-13H2,1H3.